The number of rotatable bonds is 6. The molecule has 2 rings (SSSR count). The lowest BCUT2D eigenvalue weighted by Gasteiger charge is -2.37. The summed E-state index contributed by atoms with van der Waals surface area (Å²) in [5.41, 5.74) is 2.11. The Morgan fingerprint density at radius 1 is 1.23 bits per heavy atom. The van der Waals surface area contributed by atoms with Crippen LogP contribution >= 0.6 is 0 Å². The van der Waals surface area contributed by atoms with E-state index >= 15 is 0 Å². The van der Waals surface area contributed by atoms with Gasteiger partial charge in [-0.15, -0.1) is 0 Å². The number of hydrogen-bond acceptors (Lipinski definition) is 3. The quantitative estimate of drug-likeness (QED) is 0.645. The van der Waals surface area contributed by atoms with Gasteiger partial charge in [0.2, 0.25) is 7.41 Å². The van der Waals surface area contributed by atoms with Crippen molar-refractivity contribution in [2.75, 3.05) is 26.2 Å². The van der Waals surface area contributed by atoms with Crippen molar-refractivity contribution in [3.05, 3.63) is 72.3 Å². The van der Waals surface area contributed by atoms with Crippen LogP contribution in [0.15, 0.2) is 66.7 Å². The Hall–Kier alpha value is -1.62. The topological polar surface area (TPSA) is 26.7 Å². The van der Waals surface area contributed by atoms with Crippen LogP contribution in [0, 0.1) is 0 Å². The molecule has 0 aromatic heterocycles. The maximum Gasteiger partial charge on any atom is 0.247 e. The fourth-order valence-corrected chi connectivity index (χ4v) is 2.63. The first-order valence-corrected chi connectivity index (χ1v) is 7.76. The molecule has 1 N–H and O–H groups in total. The van der Waals surface area contributed by atoms with E-state index in [2.05, 4.69) is 29.8 Å². The maximum absolute atomic E-state index is 10.4. The third-order valence-electron chi connectivity index (χ3n) is 3.79. The molecule has 1 fully saturated rings. The number of nitrogens with zero attached hydrogens (tertiary/aromatic N) is 2. The number of piperazine rings is 1. The summed E-state index contributed by atoms with van der Waals surface area (Å²) < 4.78 is 0. The molecule has 0 spiro atoms. The van der Waals surface area contributed by atoms with E-state index in [4.69, 9.17) is 0 Å². The molecule has 0 bridgehead atoms. The lowest BCUT2D eigenvalue weighted by molar-refractivity contribution is -0.0161. The van der Waals surface area contributed by atoms with Gasteiger partial charge in [-0.1, -0.05) is 66.7 Å². The van der Waals surface area contributed by atoms with E-state index in [1.165, 1.54) is 0 Å². The third kappa shape index (κ3) is 4.70. The lowest BCUT2D eigenvalue weighted by Crippen LogP contribution is -2.49. The second-order valence-electron chi connectivity index (χ2n) is 5.39. The highest BCUT2D eigenvalue weighted by Crippen LogP contribution is 2.19. The highest BCUT2D eigenvalue weighted by atomic mass is 16.3. The molecular formula is C18H24BN2O. The summed E-state index contributed by atoms with van der Waals surface area (Å²) in [5.74, 6) is 0. The molecule has 1 atom stereocenters. The van der Waals surface area contributed by atoms with Crippen molar-refractivity contribution in [3.8, 4) is 0 Å². The highest BCUT2D eigenvalue weighted by molar-refractivity contribution is 6.43. The summed E-state index contributed by atoms with van der Waals surface area (Å²) in [6.45, 7) is 9.29. The van der Waals surface area contributed by atoms with Crippen molar-refractivity contribution in [3.63, 3.8) is 0 Å². The van der Waals surface area contributed by atoms with Gasteiger partial charge in [0.05, 0.1) is 0 Å². The molecule has 4 heteroatoms. The molecule has 1 heterocycles. The fraction of sp³-hybridized carbons (Fsp3) is 0.333. The average Bonchev–Trinajstić information content (AvgIpc) is 2.56. The van der Waals surface area contributed by atoms with Gasteiger partial charge in [0, 0.05) is 26.2 Å². The second-order valence-corrected chi connectivity index (χ2v) is 5.39. The molecule has 1 aliphatic heterocycles. The van der Waals surface area contributed by atoms with Crippen LogP contribution in [-0.4, -0.2) is 48.4 Å². The van der Waals surface area contributed by atoms with E-state index < -0.39 is 6.23 Å². The molecular weight excluding hydrogens is 271 g/mol. The first kappa shape index (κ1) is 16.8. The summed E-state index contributed by atoms with van der Waals surface area (Å²) in [6.07, 6.45) is 7.41. The van der Waals surface area contributed by atoms with Crippen LogP contribution in [0.4, 0.5) is 0 Å². The minimum absolute atomic E-state index is 0.512. The zero-order valence-electron chi connectivity index (χ0n) is 13.2. The van der Waals surface area contributed by atoms with E-state index in [-0.39, 0.29) is 0 Å². The van der Waals surface area contributed by atoms with Crippen LogP contribution < -0.4 is 0 Å². The summed E-state index contributed by atoms with van der Waals surface area (Å²) in [4.78, 5) is 4.41. The van der Waals surface area contributed by atoms with Crippen LogP contribution in [0.5, 0.6) is 0 Å². The predicted octanol–water partition coefficient (Wildman–Crippen LogP) is 2.56. The summed E-state index contributed by atoms with van der Waals surface area (Å²) in [5, 5.41) is 10.4. The fourth-order valence-electron chi connectivity index (χ4n) is 2.63. The molecule has 1 radical (unpaired) electrons. The Bertz CT molecular complexity index is 519. The Balaban J connectivity index is 1.87. The predicted molar refractivity (Wildman–Crippen MR) is 93.4 cm³/mol. The number of benzene rings is 1. The molecule has 1 aromatic rings. The van der Waals surface area contributed by atoms with Crippen molar-refractivity contribution >= 4 is 7.41 Å². The molecule has 0 amide bonds. The van der Waals surface area contributed by atoms with Crippen molar-refractivity contribution in [1.29, 1.82) is 0 Å². The summed E-state index contributed by atoms with van der Waals surface area (Å²) in [7, 11) is 2.16. The van der Waals surface area contributed by atoms with E-state index in [1.807, 2.05) is 49.4 Å². The summed E-state index contributed by atoms with van der Waals surface area (Å²) >= 11 is 0. The smallest absolute Gasteiger partial charge is 0.247 e. The first-order chi connectivity index (χ1) is 10.7. The molecule has 115 valence electrons. The molecule has 1 saturated heterocycles. The van der Waals surface area contributed by atoms with Gasteiger partial charge >= 0.3 is 0 Å². The van der Waals surface area contributed by atoms with Gasteiger partial charge in [-0.05, 0) is 12.5 Å². The van der Waals surface area contributed by atoms with Gasteiger partial charge in [0.15, 0.2) is 0 Å². The molecule has 22 heavy (non-hydrogen) atoms. The molecule has 1 unspecified atom stereocenters. The van der Waals surface area contributed by atoms with Crippen molar-refractivity contribution in [2.24, 2.45) is 0 Å². The molecule has 0 aliphatic carbocycles. The van der Waals surface area contributed by atoms with Crippen LogP contribution in [0.2, 0.25) is 0 Å². The zero-order chi connectivity index (χ0) is 15.8. The number of hydrogen-bond donors (Lipinski definition) is 1. The van der Waals surface area contributed by atoms with Gasteiger partial charge in [-0.2, -0.15) is 0 Å². The van der Waals surface area contributed by atoms with E-state index in [0.29, 0.717) is 0 Å². The SMILES string of the molecule is C=C/C=C([B]N1CCN(C(O)c2ccccc2)CC1)\C=C/C. The van der Waals surface area contributed by atoms with Gasteiger partial charge in [0.1, 0.15) is 6.23 Å². The van der Waals surface area contributed by atoms with Crippen LogP contribution in [0.25, 0.3) is 0 Å². The average molecular weight is 295 g/mol. The second kappa shape index (κ2) is 8.74. The van der Waals surface area contributed by atoms with Gasteiger partial charge in [-0.3, -0.25) is 4.90 Å². The third-order valence-corrected chi connectivity index (χ3v) is 3.79. The highest BCUT2D eigenvalue weighted by Gasteiger charge is 2.23. The van der Waals surface area contributed by atoms with Crippen LogP contribution in [0.1, 0.15) is 18.7 Å². The zero-order valence-corrected chi connectivity index (χ0v) is 13.2. The van der Waals surface area contributed by atoms with E-state index in [1.54, 1.807) is 6.08 Å². The Kier molecular flexibility index (Phi) is 6.65. The van der Waals surface area contributed by atoms with Crippen LogP contribution in [0.3, 0.4) is 0 Å². The lowest BCUT2D eigenvalue weighted by atomic mass is 9.78. The molecule has 3 nitrogen and oxygen atoms in total. The van der Waals surface area contributed by atoms with Crippen LogP contribution in [-0.2, 0) is 0 Å². The van der Waals surface area contributed by atoms with E-state index in [0.717, 1.165) is 37.2 Å². The Morgan fingerprint density at radius 3 is 2.50 bits per heavy atom. The van der Waals surface area contributed by atoms with Crippen molar-refractivity contribution in [2.45, 2.75) is 13.2 Å². The Labute approximate surface area is 134 Å². The molecule has 1 aromatic carbocycles. The normalized spacial score (nSPS) is 19.3. The van der Waals surface area contributed by atoms with Gasteiger partial charge in [0.25, 0.3) is 0 Å². The summed E-state index contributed by atoms with van der Waals surface area (Å²) in [6, 6.07) is 9.84. The van der Waals surface area contributed by atoms with Crippen molar-refractivity contribution in [1.82, 2.24) is 9.71 Å². The Morgan fingerprint density at radius 2 is 1.91 bits per heavy atom. The minimum Gasteiger partial charge on any atom is -0.374 e. The largest absolute Gasteiger partial charge is 0.374 e. The molecule has 1 aliphatic rings. The monoisotopic (exact) mass is 295 g/mol. The number of aliphatic hydroxyl groups is 1. The van der Waals surface area contributed by atoms with E-state index in [9.17, 15) is 5.11 Å². The number of allylic oxidation sites excluding steroid dienone is 5. The minimum atomic E-state index is -0.512. The van der Waals surface area contributed by atoms with Gasteiger partial charge in [-0.25, -0.2) is 0 Å². The molecule has 0 saturated carbocycles. The van der Waals surface area contributed by atoms with Gasteiger partial charge < -0.3 is 9.92 Å². The maximum atomic E-state index is 10.4. The standard InChI is InChI=1S/C18H24BN2O/c1-3-8-17(9-4-2)19-21-14-12-20(13-15-21)18(22)16-10-6-5-7-11-16/h3-11,18,22H,1,12-15H2,2H3/b9-4-,17-8+. The number of aliphatic hydroxyl groups excluding tert-OH is 1. The first-order valence-electron chi connectivity index (χ1n) is 7.76. The van der Waals surface area contributed by atoms with Crippen molar-refractivity contribution < 1.29 is 5.11 Å².